The third-order valence-electron chi connectivity index (χ3n) is 1.23. The molecule has 0 amide bonds. The van der Waals surface area contributed by atoms with Gasteiger partial charge in [0, 0.05) is 20.4 Å². The van der Waals surface area contributed by atoms with Gasteiger partial charge in [0.25, 0.3) is 0 Å². The van der Waals surface area contributed by atoms with Gasteiger partial charge >= 0.3 is 8.56 Å². The second-order valence-electron chi connectivity index (χ2n) is 3.09. The van der Waals surface area contributed by atoms with E-state index >= 15 is 0 Å². The lowest BCUT2D eigenvalue weighted by Gasteiger charge is -2.19. The van der Waals surface area contributed by atoms with E-state index in [1.807, 2.05) is 32.6 Å². The molecule has 0 rings (SSSR count). The first-order valence-corrected chi connectivity index (χ1v) is 6.35. The van der Waals surface area contributed by atoms with Crippen molar-refractivity contribution in [1.82, 2.24) is 4.90 Å². The number of nitrogens with zero attached hydrogens (tertiary/aromatic N) is 1. The molecule has 0 atom stereocenters. The fraction of sp³-hybridized carbons (Fsp3) is 1.00. The quantitative estimate of drug-likeness (QED) is 0.644. The third-order valence-corrected chi connectivity index (χ3v) is 3.70. The normalized spacial score (nSPS) is 11.0. The Morgan fingerprint density at radius 1 is 1.17 bits per heavy atom. The van der Waals surface area contributed by atoms with Crippen molar-refractivity contribution in [3.8, 4) is 0 Å². The molecule has 0 aromatic heterocycles. The summed E-state index contributed by atoms with van der Waals surface area (Å²) in [6.45, 7) is 1.92. The molecular weight excluding hydrogens is 172 g/mol. The maximum absolute atomic E-state index is 5.34. The molecular formula is C7H22N2O2Si. The first-order valence-electron chi connectivity index (χ1n) is 3.83. The van der Waals surface area contributed by atoms with E-state index in [9.17, 15) is 0 Å². The van der Waals surface area contributed by atoms with Crippen LogP contribution in [0.1, 0.15) is 0 Å². The maximum atomic E-state index is 5.34. The average Bonchev–Trinajstić information content (AvgIpc) is 2.02. The molecule has 0 spiro atoms. The van der Waals surface area contributed by atoms with Crippen LogP contribution in [0.5, 0.6) is 0 Å². The molecule has 0 radical (unpaired) electrons. The zero-order valence-corrected chi connectivity index (χ0v) is 10.0. The number of nitrogens with two attached hydrogens (primary N) is 1. The van der Waals surface area contributed by atoms with Crippen LogP contribution in [0, 0.1) is 0 Å². The molecule has 0 fully saturated rings. The summed E-state index contributed by atoms with van der Waals surface area (Å²) in [5, 5.41) is 0. The van der Waals surface area contributed by atoms with Crippen molar-refractivity contribution in [2.45, 2.75) is 6.55 Å². The fourth-order valence-electron chi connectivity index (χ4n) is 0.250. The van der Waals surface area contributed by atoms with Crippen LogP contribution in [-0.2, 0) is 8.85 Å². The highest BCUT2D eigenvalue weighted by Crippen LogP contribution is 1.98. The Bertz CT molecular complexity index is 86.4. The Labute approximate surface area is 76.9 Å². The van der Waals surface area contributed by atoms with Crippen LogP contribution in [0.25, 0.3) is 0 Å². The Kier molecular flexibility index (Phi) is 9.34. The lowest BCUT2D eigenvalue weighted by atomic mass is 11.0. The summed E-state index contributed by atoms with van der Waals surface area (Å²) in [5.41, 5.74) is 5.34. The molecule has 0 aliphatic rings. The van der Waals surface area contributed by atoms with Crippen LogP contribution < -0.4 is 5.73 Å². The average molecular weight is 194 g/mol. The summed E-state index contributed by atoms with van der Waals surface area (Å²) >= 11 is 0. The van der Waals surface area contributed by atoms with Crippen LogP contribution in [0.4, 0.5) is 0 Å². The summed E-state index contributed by atoms with van der Waals surface area (Å²) in [6.07, 6.45) is 0.514. The molecule has 12 heavy (non-hydrogen) atoms. The lowest BCUT2D eigenvalue weighted by Crippen LogP contribution is -2.44. The Balaban J connectivity index is 0. The molecule has 0 heterocycles. The largest absolute Gasteiger partial charge is 0.397 e. The Hall–Kier alpha value is 0.0569. The first-order chi connectivity index (χ1) is 5.41. The van der Waals surface area contributed by atoms with E-state index in [1.165, 1.54) is 0 Å². The van der Waals surface area contributed by atoms with E-state index in [0.717, 1.165) is 0 Å². The molecule has 0 bridgehead atoms. The van der Waals surface area contributed by atoms with Crippen molar-refractivity contribution in [3.05, 3.63) is 0 Å². The molecule has 0 aliphatic carbocycles. The smallest absolute Gasteiger partial charge is 0.348 e. The second kappa shape index (κ2) is 7.69. The van der Waals surface area contributed by atoms with Gasteiger partial charge in [-0.05, 0) is 27.7 Å². The SMILES string of the molecule is CN(C)C.CO[Si](C)(CN)OC. The van der Waals surface area contributed by atoms with Crippen molar-refractivity contribution >= 4 is 8.56 Å². The van der Waals surface area contributed by atoms with Gasteiger partial charge in [0.1, 0.15) is 0 Å². The van der Waals surface area contributed by atoms with E-state index in [0.29, 0.717) is 6.17 Å². The minimum absolute atomic E-state index is 0.514. The van der Waals surface area contributed by atoms with Crippen molar-refractivity contribution in [2.24, 2.45) is 5.73 Å². The van der Waals surface area contributed by atoms with Crippen LogP contribution in [0.3, 0.4) is 0 Å². The Morgan fingerprint density at radius 2 is 1.42 bits per heavy atom. The minimum atomic E-state index is -1.89. The lowest BCUT2D eigenvalue weighted by molar-refractivity contribution is 0.251. The molecule has 2 N–H and O–H groups in total. The highest BCUT2D eigenvalue weighted by Gasteiger charge is 2.25. The summed E-state index contributed by atoms with van der Waals surface area (Å²) in [6, 6.07) is 0. The Morgan fingerprint density at radius 3 is 1.42 bits per heavy atom. The van der Waals surface area contributed by atoms with Crippen molar-refractivity contribution in [2.75, 3.05) is 41.5 Å². The molecule has 0 aliphatic heterocycles. The summed E-state index contributed by atoms with van der Waals surface area (Å²) in [7, 11) is 7.36. The van der Waals surface area contributed by atoms with E-state index in [1.54, 1.807) is 14.2 Å². The highest BCUT2D eigenvalue weighted by atomic mass is 28.4. The van der Waals surface area contributed by atoms with E-state index < -0.39 is 8.56 Å². The van der Waals surface area contributed by atoms with Gasteiger partial charge in [0.15, 0.2) is 0 Å². The molecule has 76 valence electrons. The standard InChI is InChI=1S/C4H13NO2Si.C3H9N/c1-6-8(3,4-5)7-2;1-4(2)3/h4-5H2,1-3H3;1-3H3. The van der Waals surface area contributed by atoms with E-state index in [-0.39, 0.29) is 0 Å². The molecule has 0 saturated carbocycles. The van der Waals surface area contributed by atoms with Crippen LogP contribution in [0.2, 0.25) is 6.55 Å². The summed E-state index contributed by atoms with van der Waals surface area (Å²) in [5.74, 6) is 0. The molecule has 4 nitrogen and oxygen atoms in total. The molecule has 0 saturated heterocycles. The summed E-state index contributed by atoms with van der Waals surface area (Å²) < 4.78 is 10.1. The van der Waals surface area contributed by atoms with Crippen LogP contribution in [-0.4, -0.2) is 55.0 Å². The molecule has 0 aromatic rings. The number of hydrogen-bond acceptors (Lipinski definition) is 4. The predicted octanol–water partition coefficient (Wildman–Crippen LogP) is 0.0269. The minimum Gasteiger partial charge on any atom is -0.397 e. The number of rotatable bonds is 3. The van der Waals surface area contributed by atoms with Crippen molar-refractivity contribution < 1.29 is 8.85 Å². The number of hydrogen-bond donors (Lipinski definition) is 1. The van der Waals surface area contributed by atoms with E-state index in [4.69, 9.17) is 14.6 Å². The maximum Gasteiger partial charge on any atom is 0.348 e. The van der Waals surface area contributed by atoms with E-state index in [2.05, 4.69) is 0 Å². The topological polar surface area (TPSA) is 47.7 Å². The van der Waals surface area contributed by atoms with Gasteiger partial charge in [-0.25, -0.2) is 0 Å². The van der Waals surface area contributed by atoms with Gasteiger partial charge in [-0.2, -0.15) is 0 Å². The zero-order chi connectivity index (χ0) is 10.2. The third kappa shape index (κ3) is 10.1. The van der Waals surface area contributed by atoms with Crippen molar-refractivity contribution in [1.29, 1.82) is 0 Å². The first kappa shape index (κ1) is 14.6. The predicted molar refractivity (Wildman–Crippen MR) is 54.3 cm³/mol. The highest BCUT2D eigenvalue weighted by molar-refractivity contribution is 6.66. The molecule has 5 heteroatoms. The van der Waals surface area contributed by atoms with Gasteiger partial charge in [-0.15, -0.1) is 0 Å². The monoisotopic (exact) mass is 194 g/mol. The summed E-state index contributed by atoms with van der Waals surface area (Å²) in [4.78, 5) is 2.00. The van der Waals surface area contributed by atoms with Gasteiger partial charge in [0.05, 0.1) is 0 Å². The second-order valence-corrected chi connectivity index (χ2v) is 6.58. The van der Waals surface area contributed by atoms with Gasteiger partial charge in [-0.3, -0.25) is 0 Å². The zero-order valence-electron chi connectivity index (χ0n) is 9.05. The fourth-order valence-corrected chi connectivity index (χ4v) is 0.750. The molecule has 0 unspecified atom stereocenters. The van der Waals surface area contributed by atoms with Gasteiger partial charge < -0.3 is 19.5 Å². The molecule has 0 aromatic carbocycles. The van der Waals surface area contributed by atoms with Crippen LogP contribution >= 0.6 is 0 Å². The van der Waals surface area contributed by atoms with Gasteiger partial charge in [0.2, 0.25) is 0 Å². The van der Waals surface area contributed by atoms with Crippen molar-refractivity contribution in [3.63, 3.8) is 0 Å². The van der Waals surface area contributed by atoms with Gasteiger partial charge in [-0.1, -0.05) is 0 Å². The van der Waals surface area contributed by atoms with Crippen LogP contribution in [0.15, 0.2) is 0 Å².